The van der Waals surface area contributed by atoms with E-state index < -0.39 is 0 Å². The van der Waals surface area contributed by atoms with Crippen LogP contribution in [-0.4, -0.2) is 72.2 Å². The van der Waals surface area contributed by atoms with Crippen molar-refractivity contribution in [1.82, 2.24) is 25.2 Å². The summed E-state index contributed by atoms with van der Waals surface area (Å²) in [6, 6.07) is 0. The minimum absolute atomic E-state index is 0.146. The molecule has 1 amide bonds. The van der Waals surface area contributed by atoms with Crippen LogP contribution in [0.3, 0.4) is 0 Å². The number of nitrogens with one attached hydrogen (secondary N) is 1. The van der Waals surface area contributed by atoms with Gasteiger partial charge in [0.2, 0.25) is 0 Å². The quantitative estimate of drug-likeness (QED) is 0.772. The molecule has 2 aromatic rings. The number of carbonyl (C=O) groups is 1. The maximum absolute atomic E-state index is 12.8. The van der Waals surface area contributed by atoms with E-state index in [1.54, 1.807) is 36.1 Å². The van der Waals surface area contributed by atoms with Crippen LogP contribution < -0.4 is 10.2 Å². The third kappa shape index (κ3) is 4.96. The van der Waals surface area contributed by atoms with Crippen molar-refractivity contribution in [2.75, 3.05) is 51.3 Å². The first-order chi connectivity index (χ1) is 12.8. The van der Waals surface area contributed by atoms with Crippen molar-refractivity contribution < 1.29 is 9.53 Å². The molecule has 26 heavy (non-hydrogen) atoms. The first-order valence-electron chi connectivity index (χ1n) is 8.71. The van der Waals surface area contributed by atoms with Crippen LogP contribution in [0.25, 0.3) is 0 Å². The molecule has 1 saturated heterocycles. The fraction of sp³-hybridized carbons (Fsp3) is 0.529. The zero-order valence-corrected chi connectivity index (χ0v) is 15.7. The summed E-state index contributed by atoms with van der Waals surface area (Å²) in [7, 11) is 1.63. The van der Waals surface area contributed by atoms with Crippen molar-refractivity contribution in [3.05, 3.63) is 34.7 Å². The molecule has 2 aromatic heterocycles. The molecule has 1 N–H and O–H groups in total. The molecule has 0 atom stereocenters. The van der Waals surface area contributed by atoms with Crippen molar-refractivity contribution >= 4 is 23.1 Å². The topological polar surface area (TPSA) is 83.5 Å². The Labute approximate surface area is 157 Å². The molecule has 140 valence electrons. The fourth-order valence-corrected chi connectivity index (χ4v) is 3.40. The van der Waals surface area contributed by atoms with Crippen LogP contribution in [-0.2, 0) is 11.3 Å². The average Bonchev–Trinajstić information content (AvgIpc) is 3.04. The molecule has 0 aromatic carbocycles. The summed E-state index contributed by atoms with van der Waals surface area (Å²) >= 11 is 1.53. The first kappa shape index (κ1) is 18.7. The van der Waals surface area contributed by atoms with Crippen molar-refractivity contribution in [1.29, 1.82) is 0 Å². The summed E-state index contributed by atoms with van der Waals surface area (Å²) in [5.74, 6) is 0.670. The fourth-order valence-electron chi connectivity index (χ4n) is 2.79. The lowest BCUT2D eigenvalue weighted by molar-refractivity contribution is 0.0676. The van der Waals surface area contributed by atoms with Gasteiger partial charge in [0.25, 0.3) is 5.91 Å². The predicted octanol–water partition coefficient (Wildman–Crippen LogP) is 1.02. The Bertz CT molecular complexity index is 671. The van der Waals surface area contributed by atoms with E-state index in [-0.39, 0.29) is 5.91 Å². The highest BCUT2D eigenvalue weighted by Crippen LogP contribution is 2.14. The number of carbonyl (C=O) groups excluding carboxylic acids is 1. The average molecular weight is 376 g/mol. The molecule has 0 aliphatic carbocycles. The van der Waals surface area contributed by atoms with E-state index in [1.807, 2.05) is 0 Å². The normalized spacial score (nSPS) is 14.9. The summed E-state index contributed by atoms with van der Waals surface area (Å²) in [6.45, 7) is 5.25. The molecular formula is C17H24N6O2S. The summed E-state index contributed by atoms with van der Waals surface area (Å²) in [6.07, 6.45) is 6.12. The van der Waals surface area contributed by atoms with Gasteiger partial charge in [-0.25, -0.2) is 9.97 Å². The number of anilines is 1. The molecule has 1 aliphatic rings. The lowest BCUT2D eigenvalue weighted by Crippen LogP contribution is -2.34. The number of hydrogen-bond donors (Lipinski definition) is 1. The number of thiazole rings is 1. The monoisotopic (exact) mass is 376 g/mol. The molecule has 1 fully saturated rings. The van der Waals surface area contributed by atoms with Crippen molar-refractivity contribution in [3.63, 3.8) is 0 Å². The number of amides is 1. The van der Waals surface area contributed by atoms with E-state index in [2.05, 4.69) is 25.2 Å². The first-order valence-corrected chi connectivity index (χ1v) is 9.59. The molecule has 0 saturated carbocycles. The Hall–Kier alpha value is -2.10. The van der Waals surface area contributed by atoms with E-state index in [9.17, 15) is 4.79 Å². The second-order valence-electron chi connectivity index (χ2n) is 6.04. The number of methoxy groups -OCH3 is 1. The summed E-state index contributed by atoms with van der Waals surface area (Å²) in [5.41, 5.74) is 2.11. The molecule has 0 bridgehead atoms. The molecule has 1 aliphatic heterocycles. The van der Waals surface area contributed by atoms with E-state index in [0.29, 0.717) is 25.4 Å². The van der Waals surface area contributed by atoms with Crippen LogP contribution in [0.2, 0.25) is 0 Å². The van der Waals surface area contributed by atoms with Crippen molar-refractivity contribution in [2.45, 2.75) is 13.0 Å². The Kier molecular flexibility index (Phi) is 6.87. The summed E-state index contributed by atoms with van der Waals surface area (Å²) in [4.78, 5) is 30.7. The van der Waals surface area contributed by atoms with Gasteiger partial charge < -0.3 is 19.9 Å². The van der Waals surface area contributed by atoms with Gasteiger partial charge in [-0.15, -0.1) is 11.3 Å². The lowest BCUT2D eigenvalue weighted by Gasteiger charge is -2.22. The molecule has 9 heteroatoms. The number of rotatable bonds is 7. The lowest BCUT2D eigenvalue weighted by atomic mass is 10.3. The smallest absolute Gasteiger partial charge is 0.274 e. The van der Waals surface area contributed by atoms with Gasteiger partial charge in [-0.1, -0.05) is 0 Å². The van der Waals surface area contributed by atoms with E-state index in [4.69, 9.17) is 4.74 Å². The second kappa shape index (κ2) is 9.56. The molecule has 0 radical (unpaired) electrons. The van der Waals surface area contributed by atoms with E-state index in [1.165, 1.54) is 11.3 Å². The Balaban J connectivity index is 1.69. The zero-order chi connectivity index (χ0) is 18.2. The molecule has 3 rings (SSSR count). The second-order valence-corrected chi connectivity index (χ2v) is 7.01. The largest absolute Gasteiger partial charge is 0.383 e. The minimum atomic E-state index is -0.146. The summed E-state index contributed by atoms with van der Waals surface area (Å²) < 4.78 is 5.13. The Morgan fingerprint density at radius 1 is 1.31 bits per heavy atom. The van der Waals surface area contributed by atoms with Gasteiger partial charge in [-0.3, -0.25) is 9.78 Å². The molecular weight excluding hydrogens is 352 g/mol. The van der Waals surface area contributed by atoms with E-state index >= 15 is 0 Å². The van der Waals surface area contributed by atoms with Crippen LogP contribution in [0, 0.1) is 0 Å². The minimum Gasteiger partial charge on any atom is -0.383 e. The maximum Gasteiger partial charge on any atom is 0.274 e. The summed E-state index contributed by atoms with van der Waals surface area (Å²) in [5, 5.41) is 3.37. The van der Waals surface area contributed by atoms with Gasteiger partial charge in [0.05, 0.1) is 31.1 Å². The Morgan fingerprint density at radius 3 is 2.96 bits per heavy atom. The molecule has 0 unspecified atom stereocenters. The third-order valence-corrected chi connectivity index (χ3v) is 4.97. The van der Waals surface area contributed by atoms with Gasteiger partial charge in [-0.05, 0) is 13.0 Å². The SMILES string of the molecule is COCCN(Cc1cncs1)C(=O)c1cnc(N2CCCNCC2)cn1. The number of nitrogens with zero attached hydrogens (tertiary/aromatic N) is 5. The van der Waals surface area contributed by atoms with Crippen LogP contribution >= 0.6 is 11.3 Å². The van der Waals surface area contributed by atoms with E-state index in [0.717, 1.165) is 43.3 Å². The highest BCUT2D eigenvalue weighted by atomic mass is 32.1. The molecule has 3 heterocycles. The van der Waals surface area contributed by atoms with Crippen LogP contribution in [0.15, 0.2) is 24.1 Å². The van der Waals surface area contributed by atoms with Gasteiger partial charge in [0.15, 0.2) is 0 Å². The highest BCUT2D eigenvalue weighted by molar-refractivity contribution is 7.09. The van der Waals surface area contributed by atoms with Gasteiger partial charge >= 0.3 is 0 Å². The number of aromatic nitrogens is 3. The number of hydrogen-bond acceptors (Lipinski definition) is 8. The highest BCUT2D eigenvalue weighted by Gasteiger charge is 2.19. The van der Waals surface area contributed by atoms with Gasteiger partial charge in [-0.2, -0.15) is 0 Å². The van der Waals surface area contributed by atoms with Gasteiger partial charge in [0, 0.05) is 44.4 Å². The predicted molar refractivity (Wildman–Crippen MR) is 100 cm³/mol. The standard InChI is InChI=1S/C17H24N6O2S/c1-25-8-7-23(12-14-9-19-13-26-14)17(24)15-10-21-16(11-20-15)22-5-2-3-18-4-6-22/h9-11,13,18H,2-8,12H2,1H3. The van der Waals surface area contributed by atoms with Crippen LogP contribution in [0.4, 0.5) is 5.82 Å². The Morgan fingerprint density at radius 2 is 2.23 bits per heavy atom. The maximum atomic E-state index is 12.8. The van der Waals surface area contributed by atoms with Gasteiger partial charge in [0.1, 0.15) is 11.5 Å². The van der Waals surface area contributed by atoms with Crippen molar-refractivity contribution in [2.24, 2.45) is 0 Å². The van der Waals surface area contributed by atoms with Crippen molar-refractivity contribution in [3.8, 4) is 0 Å². The number of ether oxygens (including phenoxy) is 1. The van der Waals surface area contributed by atoms with Crippen LogP contribution in [0.5, 0.6) is 0 Å². The molecule has 8 nitrogen and oxygen atoms in total. The van der Waals surface area contributed by atoms with Crippen LogP contribution in [0.1, 0.15) is 21.8 Å². The molecule has 0 spiro atoms. The third-order valence-electron chi connectivity index (χ3n) is 4.20. The zero-order valence-electron chi connectivity index (χ0n) is 14.9.